The van der Waals surface area contributed by atoms with E-state index in [4.69, 9.17) is 9.72 Å². The van der Waals surface area contributed by atoms with Crippen molar-refractivity contribution in [3.05, 3.63) is 35.7 Å². The van der Waals surface area contributed by atoms with E-state index in [2.05, 4.69) is 11.2 Å². The molecule has 0 atom stereocenters. The predicted octanol–water partition coefficient (Wildman–Crippen LogP) is 3.95. The van der Waals surface area contributed by atoms with E-state index in [1.807, 2.05) is 48.6 Å². The van der Waals surface area contributed by atoms with Crippen LogP contribution in [0.15, 0.2) is 24.3 Å². The molecular weight excluding hydrogens is 360 g/mol. The molecule has 1 aromatic carbocycles. The number of carbonyl (C=O) groups is 1. The molecule has 1 fully saturated rings. The van der Waals surface area contributed by atoms with E-state index < -0.39 is 0 Å². The van der Waals surface area contributed by atoms with E-state index in [0.717, 1.165) is 45.3 Å². The van der Waals surface area contributed by atoms with Crippen LogP contribution < -0.4 is 9.64 Å². The molecule has 2 heterocycles. The molecule has 1 saturated carbocycles. The number of aryl methyl sites for hydroxylation is 2. The van der Waals surface area contributed by atoms with E-state index in [1.165, 1.54) is 0 Å². The number of ether oxygens (including phenoxy) is 1. The summed E-state index contributed by atoms with van der Waals surface area (Å²) in [7, 11) is 0. The molecule has 0 aliphatic heterocycles. The maximum atomic E-state index is 12.9. The number of hydrogen-bond donors (Lipinski definition) is 0. The van der Waals surface area contributed by atoms with Gasteiger partial charge >= 0.3 is 0 Å². The molecule has 3 aromatic rings. The maximum Gasteiger partial charge on any atom is 0.231 e. The molecule has 7 heteroatoms. The summed E-state index contributed by atoms with van der Waals surface area (Å²) in [5, 5.41) is 5.26. The molecular formula is C20H24N4O2S. The topological polar surface area (TPSA) is 60.2 Å². The van der Waals surface area contributed by atoms with Crippen LogP contribution in [0.4, 0.5) is 5.13 Å². The smallest absolute Gasteiger partial charge is 0.231 e. The van der Waals surface area contributed by atoms with Gasteiger partial charge in [0, 0.05) is 18.2 Å². The van der Waals surface area contributed by atoms with Gasteiger partial charge in [-0.1, -0.05) is 17.4 Å². The molecule has 0 unspecified atom stereocenters. The Morgan fingerprint density at radius 2 is 2.19 bits per heavy atom. The van der Waals surface area contributed by atoms with Gasteiger partial charge in [-0.25, -0.2) is 4.98 Å². The summed E-state index contributed by atoms with van der Waals surface area (Å²) in [6.45, 7) is 7.81. The Morgan fingerprint density at radius 1 is 1.37 bits per heavy atom. The molecule has 0 N–H and O–H groups in total. The highest BCUT2D eigenvalue weighted by Crippen LogP contribution is 2.37. The third kappa shape index (κ3) is 3.69. The normalized spacial score (nSPS) is 13.9. The fraction of sp³-hybridized carbons (Fsp3) is 0.450. The van der Waals surface area contributed by atoms with Crippen LogP contribution in [0, 0.1) is 19.8 Å². The molecule has 6 nitrogen and oxygen atoms in total. The Labute approximate surface area is 162 Å². The number of anilines is 1. The molecule has 0 radical (unpaired) electrons. The van der Waals surface area contributed by atoms with Crippen LogP contribution in [0.5, 0.6) is 5.75 Å². The highest BCUT2D eigenvalue weighted by Gasteiger charge is 2.35. The Kier molecular flexibility index (Phi) is 4.86. The molecule has 0 bridgehead atoms. The van der Waals surface area contributed by atoms with Crippen molar-refractivity contribution in [2.75, 3.05) is 18.1 Å². The Morgan fingerprint density at radius 3 is 2.85 bits per heavy atom. The molecule has 142 valence electrons. The number of nitrogens with zero attached hydrogens (tertiary/aromatic N) is 4. The first-order valence-electron chi connectivity index (χ1n) is 9.41. The van der Waals surface area contributed by atoms with Crippen molar-refractivity contribution in [1.82, 2.24) is 14.8 Å². The quantitative estimate of drug-likeness (QED) is 0.619. The summed E-state index contributed by atoms with van der Waals surface area (Å²) in [5.41, 5.74) is 2.93. The minimum absolute atomic E-state index is 0.142. The van der Waals surface area contributed by atoms with Crippen molar-refractivity contribution in [3.8, 4) is 5.75 Å². The summed E-state index contributed by atoms with van der Waals surface area (Å²) in [4.78, 5) is 19.5. The number of benzene rings is 1. The van der Waals surface area contributed by atoms with Gasteiger partial charge < -0.3 is 4.74 Å². The fourth-order valence-corrected chi connectivity index (χ4v) is 4.26. The summed E-state index contributed by atoms with van der Waals surface area (Å²) in [6, 6.07) is 7.98. The second-order valence-electron chi connectivity index (χ2n) is 6.95. The van der Waals surface area contributed by atoms with Gasteiger partial charge in [-0.05, 0) is 51.8 Å². The third-order valence-corrected chi connectivity index (χ3v) is 5.78. The number of para-hydroxylation sites is 1. The zero-order valence-electron chi connectivity index (χ0n) is 15.9. The molecule has 0 saturated heterocycles. The van der Waals surface area contributed by atoms with Crippen LogP contribution in [-0.2, 0) is 11.3 Å². The molecule has 27 heavy (non-hydrogen) atoms. The van der Waals surface area contributed by atoms with E-state index in [1.54, 1.807) is 11.3 Å². The highest BCUT2D eigenvalue weighted by molar-refractivity contribution is 7.22. The average molecular weight is 385 g/mol. The van der Waals surface area contributed by atoms with Crippen molar-refractivity contribution < 1.29 is 9.53 Å². The third-order valence-electron chi connectivity index (χ3n) is 4.73. The molecule has 1 aliphatic carbocycles. The predicted molar refractivity (Wildman–Crippen MR) is 108 cm³/mol. The Hall–Kier alpha value is -2.41. The number of thiazole rings is 1. The van der Waals surface area contributed by atoms with E-state index in [0.29, 0.717) is 19.7 Å². The average Bonchev–Trinajstić information content (AvgIpc) is 3.32. The summed E-state index contributed by atoms with van der Waals surface area (Å²) >= 11 is 1.55. The lowest BCUT2D eigenvalue weighted by Crippen LogP contribution is -2.35. The number of rotatable bonds is 7. The standard InChI is InChI=1S/C20H24N4O2S/c1-4-26-16-6-5-7-17-18(16)21-20(27-17)23(19(25)15-8-9-15)10-11-24-14(3)12-13(2)22-24/h5-7,12,15H,4,8-11H2,1-3H3. The molecule has 1 amide bonds. The number of amides is 1. The monoisotopic (exact) mass is 384 g/mol. The SMILES string of the molecule is CCOc1cccc2sc(N(CCn3nc(C)cc3C)C(=O)C3CC3)nc12. The van der Waals surface area contributed by atoms with E-state index in [9.17, 15) is 4.79 Å². The Bertz CT molecular complexity index is 974. The van der Waals surface area contributed by atoms with E-state index in [-0.39, 0.29) is 11.8 Å². The van der Waals surface area contributed by atoms with E-state index >= 15 is 0 Å². The van der Waals surface area contributed by atoms with Gasteiger partial charge in [0.1, 0.15) is 11.3 Å². The zero-order valence-corrected chi connectivity index (χ0v) is 16.8. The van der Waals surface area contributed by atoms with Crippen molar-refractivity contribution in [3.63, 3.8) is 0 Å². The molecule has 4 rings (SSSR count). The first-order valence-corrected chi connectivity index (χ1v) is 10.2. The second-order valence-corrected chi connectivity index (χ2v) is 7.96. The summed E-state index contributed by atoms with van der Waals surface area (Å²) < 4.78 is 8.70. The van der Waals surface area contributed by atoms with Gasteiger partial charge in [0.25, 0.3) is 0 Å². The van der Waals surface area contributed by atoms with Crippen LogP contribution >= 0.6 is 11.3 Å². The van der Waals surface area contributed by atoms with Crippen LogP contribution in [0.1, 0.15) is 31.2 Å². The van der Waals surface area contributed by atoms with Crippen molar-refractivity contribution in [1.29, 1.82) is 0 Å². The molecule has 0 spiro atoms. The van der Waals surface area contributed by atoms with Crippen LogP contribution in [0.2, 0.25) is 0 Å². The summed E-state index contributed by atoms with van der Waals surface area (Å²) in [6.07, 6.45) is 1.95. The minimum atomic E-state index is 0.142. The lowest BCUT2D eigenvalue weighted by atomic mass is 10.3. The second kappa shape index (κ2) is 7.31. The van der Waals surface area contributed by atoms with Crippen LogP contribution in [0.25, 0.3) is 10.2 Å². The van der Waals surface area contributed by atoms with Gasteiger partial charge in [0.15, 0.2) is 5.13 Å². The van der Waals surface area contributed by atoms with Crippen molar-refractivity contribution >= 4 is 32.6 Å². The van der Waals surface area contributed by atoms with Crippen LogP contribution in [0.3, 0.4) is 0 Å². The van der Waals surface area contributed by atoms with Gasteiger partial charge in [0.05, 0.1) is 23.5 Å². The van der Waals surface area contributed by atoms with Crippen LogP contribution in [-0.4, -0.2) is 33.8 Å². The molecule has 2 aromatic heterocycles. The van der Waals surface area contributed by atoms with Crippen molar-refractivity contribution in [2.24, 2.45) is 5.92 Å². The molecule has 1 aliphatic rings. The van der Waals surface area contributed by atoms with Gasteiger partial charge in [-0.3, -0.25) is 14.4 Å². The zero-order chi connectivity index (χ0) is 19.0. The number of aromatic nitrogens is 3. The minimum Gasteiger partial charge on any atom is -0.492 e. The maximum absolute atomic E-state index is 12.9. The Balaban J connectivity index is 1.64. The van der Waals surface area contributed by atoms with Crippen molar-refractivity contribution in [2.45, 2.75) is 40.2 Å². The van der Waals surface area contributed by atoms with Gasteiger partial charge in [-0.15, -0.1) is 0 Å². The lowest BCUT2D eigenvalue weighted by Gasteiger charge is -2.20. The first kappa shape index (κ1) is 18.0. The number of hydrogen-bond acceptors (Lipinski definition) is 5. The number of carbonyl (C=O) groups excluding carboxylic acids is 1. The highest BCUT2D eigenvalue weighted by atomic mass is 32.1. The fourth-order valence-electron chi connectivity index (χ4n) is 3.25. The van der Waals surface area contributed by atoms with Gasteiger partial charge in [-0.2, -0.15) is 5.10 Å². The lowest BCUT2D eigenvalue weighted by molar-refractivity contribution is -0.119. The largest absolute Gasteiger partial charge is 0.492 e. The first-order chi connectivity index (χ1) is 13.1. The number of fused-ring (bicyclic) bond motifs is 1. The summed E-state index contributed by atoms with van der Waals surface area (Å²) in [5.74, 6) is 1.09. The van der Waals surface area contributed by atoms with Gasteiger partial charge in [0.2, 0.25) is 5.91 Å².